The fraction of sp³-hybridized carbons (Fsp3) is 0.333. The Morgan fingerprint density at radius 3 is 2.81 bits per heavy atom. The Morgan fingerprint density at radius 1 is 1.31 bits per heavy atom. The predicted molar refractivity (Wildman–Crippen MR) is 60.2 cm³/mol. The van der Waals surface area contributed by atoms with Crippen LogP contribution in [0.3, 0.4) is 0 Å². The van der Waals surface area contributed by atoms with E-state index in [4.69, 9.17) is 0 Å². The molecule has 16 heavy (non-hydrogen) atoms. The van der Waals surface area contributed by atoms with E-state index in [1.54, 1.807) is 12.2 Å². The molecule has 0 bridgehead atoms. The lowest BCUT2D eigenvalue weighted by Crippen LogP contribution is -2.10. The Hall–Kier alpha value is -2.02. The second kappa shape index (κ2) is 5.76. The molecule has 0 radical (unpaired) electrons. The van der Waals surface area contributed by atoms with Crippen molar-refractivity contribution < 1.29 is 9.59 Å². The van der Waals surface area contributed by atoms with Crippen LogP contribution in [-0.2, 0) is 9.59 Å². The molecule has 0 spiro atoms. The molecule has 4 nitrogen and oxygen atoms in total. The highest BCUT2D eigenvalue weighted by Gasteiger charge is 2.17. The van der Waals surface area contributed by atoms with Crippen LogP contribution in [0.5, 0.6) is 0 Å². The number of hydrogen-bond acceptors (Lipinski definition) is 4. The molecule has 0 aromatic rings. The molecule has 0 aromatic heterocycles. The van der Waals surface area contributed by atoms with E-state index in [1.807, 2.05) is 25.2 Å². The van der Waals surface area contributed by atoms with Gasteiger partial charge < -0.3 is 0 Å². The molecule has 0 saturated heterocycles. The maximum absolute atomic E-state index is 10.1. The van der Waals surface area contributed by atoms with Gasteiger partial charge in [0.25, 0.3) is 0 Å². The van der Waals surface area contributed by atoms with Crippen LogP contribution in [0.2, 0.25) is 0 Å². The van der Waals surface area contributed by atoms with Crippen LogP contribution >= 0.6 is 0 Å². The zero-order valence-corrected chi connectivity index (χ0v) is 9.01. The lowest BCUT2D eigenvalue weighted by molar-refractivity contribution is 0.506. The Labute approximate surface area is 93.8 Å². The Balaban J connectivity index is 2.76. The van der Waals surface area contributed by atoms with Crippen LogP contribution in [0, 0.1) is 5.41 Å². The fourth-order valence-electron chi connectivity index (χ4n) is 1.39. The standard InChI is InChI=1S/C12H12N2O2/c1-12(7-8-13-9-15)5-2-3-11(4-6-12)14-10-16/h2-6H,7-8H2,1H3. The smallest absolute Gasteiger partial charge is 0.211 e. The van der Waals surface area contributed by atoms with Gasteiger partial charge in [-0.1, -0.05) is 25.2 Å². The van der Waals surface area contributed by atoms with Crippen molar-refractivity contribution in [3.8, 4) is 0 Å². The molecule has 0 fully saturated rings. The summed E-state index contributed by atoms with van der Waals surface area (Å²) in [6.07, 6.45) is 13.0. The maximum Gasteiger partial charge on any atom is 0.240 e. The number of isocyanates is 2. The Bertz CT molecular complexity index is 436. The van der Waals surface area contributed by atoms with Gasteiger partial charge in [-0.05, 0) is 18.6 Å². The number of nitrogens with zero attached hydrogens (tertiary/aromatic N) is 2. The van der Waals surface area contributed by atoms with Crippen LogP contribution in [0.4, 0.5) is 0 Å². The highest BCUT2D eigenvalue weighted by Crippen LogP contribution is 2.28. The average Bonchev–Trinajstić information content (AvgIpc) is 2.43. The second-order valence-corrected chi connectivity index (χ2v) is 3.72. The van der Waals surface area contributed by atoms with Crippen LogP contribution in [-0.4, -0.2) is 18.7 Å². The summed E-state index contributed by atoms with van der Waals surface area (Å²) in [4.78, 5) is 27.1. The zero-order chi connectivity index (χ0) is 11.9. The van der Waals surface area contributed by atoms with Crippen molar-refractivity contribution in [2.24, 2.45) is 15.4 Å². The molecule has 0 saturated carbocycles. The summed E-state index contributed by atoms with van der Waals surface area (Å²) in [6, 6.07) is 0. The first-order chi connectivity index (χ1) is 7.70. The molecular formula is C12H12N2O2. The van der Waals surface area contributed by atoms with E-state index < -0.39 is 0 Å². The summed E-state index contributed by atoms with van der Waals surface area (Å²) in [5, 5.41) is 0. The molecule has 1 aliphatic carbocycles. The molecular weight excluding hydrogens is 204 g/mol. The van der Waals surface area contributed by atoms with E-state index in [0.29, 0.717) is 18.7 Å². The Morgan fingerprint density at radius 2 is 2.12 bits per heavy atom. The van der Waals surface area contributed by atoms with Gasteiger partial charge in [-0.25, -0.2) is 14.6 Å². The van der Waals surface area contributed by atoms with Gasteiger partial charge >= 0.3 is 0 Å². The van der Waals surface area contributed by atoms with Gasteiger partial charge in [0, 0.05) is 5.41 Å². The molecule has 1 unspecified atom stereocenters. The first-order valence-electron chi connectivity index (χ1n) is 4.90. The molecule has 0 N–H and O–H groups in total. The maximum atomic E-state index is 10.1. The van der Waals surface area contributed by atoms with Crippen molar-refractivity contribution in [1.29, 1.82) is 0 Å². The van der Waals surface area contributed by atoms with E-state index in [1.165, 1.54) is 12.2 Å². The van der Waals surface area contributed by atoms with Gasteiger partial charge in [-0.3, -0.25) is 0 Å². The SMILES string of the molecule is CC1(CCN=C=O)C=CC=C(N=C=O)C=C1. The normalized spacial score (nSPS) is 22.7. The van der Waals surface area contributed by atoms with Gasteiger partial charge in [0.1, 0.15) is 0 Å². The minimum absolute atomic E-state index is 0.184. The van der Waals surface area contributed by atoms with Gasteiger partial charge in [-0.2, -0.15) is 4.99 Å². The number of allylic oxidation sites excluding steroid dienone is 5. The number of aliphatic imine (C=N–C) groups is 2. The van der Waals surface area contributed by atoms with Crippen LogP contribution in [0.15, 0.2) is 46.1 Å². The van der Waals surface area contributed by atoms with E-state index in [-0.39, 0.29) is 5.41 Å². The molecule has 0 heterocycles. The third kappa shape index (κ3) is 3.62. The van der Waals surface area contributed by atoms with E-state index in [2.05, 4.69) is 9.98 Å². The van der Waals surface area contributed by atoms with Crippen LogP contribution < -0.4 is 0 Å². The minimum Gasteiger partial charge on any atom is -0.211 e. The highest BCUT2D eigenvalue weighted by molar-refractivity contribution is 5.42. The fourth-order valence-corrected chi connectivity index (χ4v) is 1.39. The quantitative estimate of drug-likeness (QED) is 0.533. The third-order valence-electron chi connectivity index (χ3n) is 2.38. The molecule has 1 aliphatic rings. The predicted octanol–water partition coefficient (Wildman–Crippen LogP) is 2.06. The summed E-state index contributed by atoms with van der Waals surface area (Å²) < 4.78 is 0. The molecule has 1 rings (SSSR count). The molecule has 82 valence electrons. The Kier molecular flexibility index (Phi) is 4.34. The van der Waals surface area contributed by atoms with Crippen LogP contribution in [0.1, 0.15) is 13.3 Å². The van der Waals surface area contributed by atoms with Crippen molar-refractivity contribution in [1.82, 2.24) is 0 Å². The second-order valence-electron chi connectivity index (χ2n) is 3.72. The molecule has 0 aromatic carbocycles. The summed E-state index contributed by atoms with van der Waals surface area (Å²) in [7, 11) is 0. The van der Waals surface area contributed by atoms with Gasteiger partial charge in [-0.15, -0.1) is 0 Å². The minimum atomic E-state index is -0.184. The molecule has 4 heteroatoms. The van der Waals surface area contributed by atoms with Crippen molar-refractivity contribution in [3.05, 3.63) is 36.1 Å². The molecule has 0 aliphatic heterocycles. The van der Waals surface area contributed by atoms with Gasteiger partial charge in [0.2, 0.25) is 12.2 Å². The largest absolute Gasteiger partial charge is 0.240 e. The number of carbonyl (C=O) groups excluding carboxylic acids is 2. The van der Waals surface area contributed by atoms with Crippen molar-refractivity contribution in [2.75, 3.05) is 6.54 Å². The number of rotatable bonds is 4. The first kappa shape index (κ1) is 12.1. The monoisotopic (exact) mass is 216 g/mol. The molecule has 1 atom stereocenters. The third-order valence-corrected chi connectivity index (χ3v) is 2.38. The summed E-state index contributed by atoms with van der Waals surface area (Å²) in [5.74, 6) is 0. The molecule has 0 amide bonds. The lowest BCUT2D eigenvalue weighted by Gasteiger charge is -2.19. The van der Waals surface area contributed by atoms with Crippen molar-refractivity contribution >= 4 is 12.2 Å². The van der Waals surface area contributed by atoms with Gasteiger partial charge in [0.05, 0.1) is 12.2 Å². The van der Waals surface area contributed by atoms with Crippen LogP contribution in [0.25, 0.3) is 0 Å². The summed E-state index contributed by atoms with van der Waals surface area (Å²) >= 11 is 0. The van der Waals surface area contributed by atoms with E-state index in [0.717, 1.165) is 0 Å². The van der Waals surface area contributed by atoms with Gasteiger partial charge in [0.15, 0.2) is 0 Å². The average molecular weight is 216 g/mol. The summed E-state index contributed by atoms with van der Waals surface area (Å²) in [6.45, 7) is 2.45. The van der Waals surface area contributed by atoms with E-state index in [9.17, 15) is 9.59 Å². The topological polar surface area (TPSA) is 58.9 Å². The lowest BCUT2D eigenvalue weighted by atomic mass is 9.86. The zero-order valence-electron chi connectivity index (χ0n) is 9.01. The van der Waals surface area contributed by atoms with E-state index >= 15 is 0 Å². The highest BCUT2D eigenvalue weighted by atomic mass is 16.1. The number of hydrogen-bond donors (Lipinski definition) is 0. The van der Waals surface area contributed by atoms with Crippen molar-refractivity contribution in [3.63, 3.8) is 0 Å². The van der Waals surface area contributed by atoms with Crippen molar-refractivity contribution in [2.45, 2.75) is 13.3 Å². The first-order valence-corrected chi connectivity index (χ1v) is 4.90. The summed E-state index contributed by atoms with van der Waals surface area (Å²) in [5.41, 5.74) is 0.380.